The van der Waals surface area contributed by atoms with Crippen LogP contribution in [0.3, 0.4) is 0 Å². The van der Waals surface area contributed by atoms with Gasteiger partial charge in [0.1, 0.15) is 11.8 Å². The summed E-state index contributed by atoms with van der Waals surface area (Å²) in [6.07, 6.45) is 0.779. The van der Waals surface area contributed by atoms with Gasteiger partial charge in [0, 0.05) is 10.0 Å². The lowest BCUT2D eigenvalue weighted by Crippen LogP contribution is -2.07. The third-order valence-corrected chi connectivity index (χ3v) is 5.30. The van der Waals surface area contributed by atoms with Crippen LogP contribution in [0.2, 0.25) is 0 Å². The van der Waals surface area contributed by atoms with Crippen LogP contribution in [-0.2, 0) is 0 Å². The average molecular weight is 439 g/mol. The predicted molar refractivity (Wildman–Crippen MR) is 109 cm³/mol. The number of hydrogen-bond acceptors (Lipinski definition) is 5. The summed E-state index contributed by atoms with van der Waals surface area (Å²) in [7, 11) is 0. The number of aliphatic hydroxyl groups is 1. The lowest BCUT2D eigenvalue weighted by Gasteiger charge is -2.11. The Labute approximate surface area is 170 Å². The van der Waals surface area contributed by atoms with E-state index >= 15 is 0 Å². The molecule has 0 saturated heterocycles. The van der Waals surface area contributed by atoms with Crippen LogP contribution < -0.4 is 0 Å². The Kier molecular flexibility index (Phi) is 5.11. The maximum Gasteiger partial charge on any atom is 0.173 e. The van der Waals surface area contributed by atoms with Gasteiger partial charge < -0.3 is 9.63 Å². The van der Waals surface area contributed by atoms with Crippen molar-refractivity contribution >= 4 is 15.9 Å². The van der Waals surface area contributed by atoms with Crippen molar-refractivity contribution in [3.63, 3.8) is 0 Å². The van der Waals surface area contributed by atoms with Gasteiger partial charge in [-0.25, -0.2) is 4.68 Å². The minimum atomic E-state index is -0.985. The molecule has 0 aliphatic carbocycles. The zero-order chi connectivity index (χ0) is 19.7. The van der Waals surface area contributed by atoms with Crippen LogP contribution in [0.25, 0.3) is 11.3 Å². The van der Waals surface area contributed by atoms with Crippen LogP contribution in [-0.4, -0.2) is 25.3 Å². The molecule has 0 fully saturated rings. The molecular formula is C21H19BrN4O2. The zero-order valence-corrected chi connectivity index (χ0v) is 17.0. The fourth-order valence-electron chi connectivity index (χ4n) is 3.15. The molecule has 2 aromatic carbocycles. The summed E-state index contributed by atoms with van der Waals surface area (Å²) in [6, 6.07) is 17.7. The summed E-state index contributed by atoms with van der Waals surface area (Å²) in [5.74, 6) is 0.531. The SMILES string of the molecule is Cc1noc(-c2ccc(Br)cc2)c1C(O)c1cn([C@H](C)c2ccccc2)nn1. The maximum absolute atomic E-state index is 11.0. The van der Waals surface area contributed by atoms with Crippen LogP contribution in [0.1, 0.15) is 41.6 Å². The summed E-state index contributed by atoms with van der Waals surface area (Å²) in [4.78, 5) is 0. The number of aliphatic hydroxyl groups excluding tert-OH is 1. The smallest absolute Gasteiger partial charge is 0.173 e. The molecule has 0 radical (unpaired) electrons. The number of rotatable bonds is 5. The van der Waals surface area contributed by atoms with Crippen molar-refractivity contribution in [3.8, 4) is 11.3 Å². The fraction of sp³-hybridized carbons (Fsp3) is 0.190. The molecule has 4 rings (SSSR count). The third-order valence-electron chi connectivity index (χ3n) is 4.78. The third kappa shape index (κ3) is 3.50. The van der Waals surface area contributed by atoms with Gasteiger partial charge in [-0.2, -0.15) is 0 Å². The van der Waals surface area contributed by atoms with E-state index in [2.05, 4.69) is 31.4 Å². The summed E-state index contributed by atoms with van der Waals surface area (Å²) in [5, 5.41) is 23.5. The van der Waals surface area contributed by atoms with Gasteiger partial charge >= 0.3 is 0 Å². The summed E-state index contributed by atoms with van der Waals surface area (Å²) >= 11 is 3.43. The summed E-state index contributed by atoms with van der Waals surface area (Å²) in [5.41, 5.74) is 3.62. The highest BCUT2D eigenvalue weighted by molar-refractivity contribution is 9.10. The number of aromatic nitrogens is 4. The van der Waals surface area contributed by atoms with Gasteiger partial charge in [-0.3, -0.25) is 0 Å². The number of aryl methyl sites for hydroxylation is 1. The number of benzene rings is 2. The van der Waals surface area contributed by atoms with Crippen molar-refractivity contribution < 1.29 is 9.63 Å². The molecule has 4 aromatic rings. The Morgan fingerprint density at radius 3 is 2.50 bits per heavy atom. The van der Waals surface area contributed by atoms with Crippen molar-refractivity contribution in [2.24, 2.45) is 0 Å². The van der Waals surface area contributed by atoms with E-state index in [1.165, 1.54) is 0 Å². The molecule has 0 spiro atoms. The van der Waals surface area contributed by atoms with E-state index in [-0.39, 0.29) is 6.04 Å². The van der Waals surface area contributed by atoms with Crippen molar-refractivity contribution in [1.82, 2.24) is 20.2 Å². The van der Waals surface area contributed by atoms with E-state index in [4.69, 9.17) is 4.52 Å². The van der Waals surface area contributed by atoms with E-state index in [1.54, 1.807) is 17.8 Å². The summed E-state index contributed by atoms with van der Waals surface area (Å²) in [6.45, 7) is 3.85. The maximum atomic E-state index is 11.0. The molecule has 2 aromatic heterocycles. The molecule has 0 bridgehead atoms. The Balaban J connectivity index is 1.66. The van der Waals surface area contributed by atoms with Gasteiger partial charge in [-0.1, -0.05) is 68.8 Å². The van der Waals surface area contributed by atoms with Gasteiger partial charge in [-0.05, 0) is 31.5 Å². The van der Waals surface area contributed by atoms with Crippen LogP contribution in [0.4, 0.5) is 0 Å². The second kappa shape index (κ2) is 7.69. The number of hydrogen-bond donors (Lipinski definition) is 1. The molecule has 0 aliphatic heterocycles. The zero-order valence-electron chi connectivity index (χ0n) is 15.5. The Bertz CT molecular complexity index is 1070. The standard InChI is InChI=1S/C21H19BrN4O2/c1-13-19(21(28-24-13)16-8-10-17(22)11-9-16)20(27)18-12-26(25-23-18)14(2)15-6-4-3-5-7-15/h3-12,14,20,27H,1-2H3/t14-,20?/m1/s1. The summed E-state index contributed by atoms with van der Waals surface area (Å²) < 4.78 is 8.22. The van der Waals surface area contributed by atoms with E-state index < -0.39 is 6.10 Å². The molecule has 7 heteroatoms. The molecular weight excluding hydrogens is 420 g/mol. The molecule has 2 atom stereocenters. The molecule has 2 heterocycles. The minimum absolute atomic E-state index is 0.00386. The highest BCUT2D eigenvalue weighted by Gasteiger charge is 2.26. The van der Waals surface area contributed by atoms with E-state index in [0.717, 1.165) is 15.6 Å². The normalized spacial score (nSPS) is 13.4. The first-order chi connectivity index (χ1) is 13.5. The first kappa shape index (κ1) is 18.6. The van der Waals surface area contributed by atoms with Gasteiger partial charge in [0.25, 0.3) is 0 Å². The lowest BCUT2D eigenvalue weighted by atomic mass is 10.0. The van der Waals surface area contributed by atoms with E-state index in [1.807, 2.05) is 61.5 Å². The highest BCUT2D eigenvalue weighted by Crippen LogP contribution is 2.34. The first-order valence-corrected chi connectivity index (χ1v) is 9.70. The van der Waals surface area contributed by atoms with Crippen LogP contribution in [0, 0.1) is 6.92 Å². The van der Waals surface area contributed by atoms with Crippen molar-refractivity contribution in [2.45, 2.75) is 26.0 Å². The van der Waals surface area contributed by atoms with Crippen molar-refractivity contribution in [2.75, 3.05) is 0 Å². The Morgan fingerprint density at radius 2 is 1.79 bits per heavy atom. The van der Waals surface area contributed by atoms with Crippen LogP contribution in [0.15, 0.2) is 69.8 Å². The van der Waals surface area contributed by atoms with Crippen molar-refractivity contribution in [1.29, 1.82) is 0 Å². The van der Waals surface area contributed by atoms with E-state index in [0.29, 0.717) is 22.7 Å². The molecule has 6 nitrogen and oxygen atoms in total. The molecule has 0 saturated carbocycles. The van der Waals surface area contributed by atoms with Crippen LogP contribution >= 0.6 is 15.9 Å². The fourth-order valence-corrected chi connectivity index (χ4v) is 3.41. The predicted octanol–water partition coefficient (Wildman–Crippen LogP) is 4.70. The molecule has 1 N–H and O–H groups in total. The number of halogens is 1. The van der Waals surface area contributed by atoms with Gasteiger partial charge in [-0.15, -0.1) is 5.10 Å². The van der Waals surface area contributed by atoms with Gasteiger partial charge in [0.2, 0.25) is 0 Å². The molecule has 1 unspecified atom stereocenters. The largest absolute Gasteiger partial charge is 0.382 e. The monoisotopic (exact) mass is 438 g/mol. The van der Waals surface area contributed by atoms with Crippen molar-refractivity contribution in [3.05, 3.63) is 87.8 Å². The average Bonchev–Trinajstić information content (AvgIpc) is 3.35. The van der Waals surface area contributed by atoms with E-state index in [9.17, 15) is 5.11 Å². The first-order valence-electron chi connectivity index (χ1n) is 8.91. The highest BCUT2D eigenvalue weighted by atomic mass is 79.9. The Hall–Kier alpha value is -2.77. The van der Waals surface area contributed by atoms with Gasteiger partial charge in [0.05, 0.1) is 23.5 Å². The second-order valence-corrected chi connectivity index (χ2v) is 7.55. The lowest BCUT2D eigenvalue weighted by molar-refractivity contribution is 0.214. The second-order valence-electron chi connectivity index (χ2n) is 6.63. The minimum Gasteiger partial charge on any atom is -0.382 e. The topological polar surface area (TPSA) is 77.0 Å². The molecule has 142 valence electrons. The Morgan fingerprint density at radius 1 is 1.07 bits per heavy atom. The molecule has 0 aliphatic rings. The number of nitrogens with zero attached hydrogens (tertiary/aromatic N) is 4. The molecule has 0 amide bonds. The quantitative estimate of drug-likeness (QED) is 0.488. The molecule has 28 heavy (non-hydrogen) atoms. The van der Waals surface area contributed by atoms with Gasteiger partial charge in [0.15, 0.2) is 5.76 Å². The van der Waals surface area contributed by atoms with Crippen LogP contribution in [0.5, 0.6) is 0 Å².